The van der Waals surface area contributed by atoms with Crippen LogP contribution in [0.4, 0.5) is 0 Å². The molecular formula is C9H20ClN. The van der Waals surface area contributed by atoms with Crippen molar-refractivity contribution < 1.29 is 0 Å². The summed E-state index contributed by atoms with van der Waals surface area (Å²) in [6.45, 7) is 8.75. The second-order valence-corrected chi connectivity index (χ2v) is 4.11. The maximum atomic E-state index is 5.79. The summed E-state index contributed by atoms with van der Waals surface area (Å²) in [5, 5.41) is 3.43. The third kappa shape index (κ3) is 6.64. The van der Waals surface area contributed by atoms with Crippen LogP contribution in [-0.2, 0) is 0 Å². The third-order valence-corrected chi connectivity index (χ3v) is 1.88. The lowest BCUT2D eigenvalue weighted by molar-refractivity contribution is 0.416. The summed E-state index contributed by atoms with van der Waals surface area (Å²) in [5.41, 5.74) is 0. The van der Waals surface area contributed by atoms with Crippen LogP contribution < -0.4 is 5.32 Å². The van der Waals surface area contributed by atoms with Gasteiger partial charge in [0.05, 0.1) is 0 Å². The predicted octanol–water partition coefficient (Wildman–Crippen LogP) is 2.64. The van der Waals surface area contributed by atoms with E-state index in [2.05, 4.69) is 33.0 Å². The largest absolute Gasteiger partial charge is 0.311 e. The predicted molar refractivity (Wildman–Crippen MR) is 52.2 cm³/mol. The summed E-state index contributed by atoms with van der Waals surface area (Å²) < 4.78 is 0. The smallest absolute Gasteiger partial charge is 0.0377 e. The van der Waals surface area contributed by atoms with Gasteiger partial charge in [-0.2, -0.15) is 0 Å². The molecule has 2 heteroatoms. The molecular weight excluding hydrogens is 158 g/mol. The van der Waals surface area contributed by atoms with Crippen molar-refractivity contribution in [2.24, 2.45) is 5.92 Å². The summed E-state index contributed by atoms with van der Waals surface area (Å²) >= 11 is 5.79. The van der Waals surface area contributed by atoms with Gasteiger partial charge in [0.1, 0.15) is 0 Å². The highest BCUT2D eigenvalue weighted by molar-refractivity contribution is 6.18. The Morgan fingerprint density at radius 1 is 1.18 bits per heavy atom. The van der Waals surface area contributed by atoms with E-state index in [0.29, 0.717) is 12.1 Å². The lowest BCUT2D eigenvalue weighted by atomic mass is 10.0. The van der Waals surface area contributed by atoms with Crippen LogP contribution in [0.25, 0.3) is 0 Å². The van der Waals surface area contributed by atoms with Crippen LogP contribution in [0.2, 0.25) is 0 Å². The SMILES string of the molecule is CC(C)CC(CCl)NC(C)C. The molecule has 0 aromatic heterocycles. The van der Waals surface area contributed by atoms with Crippen molar-refractivity contribution in [3.05, 3.63) is 0 Å². The number of hydrogen-bond donors (Lipinski definition) is 1. The molecule has 1 N–H and O–H groups in total. The van der Waals surface area contributed by atoms with Crippen molar-refractivity contribution in [2.45, 2.75) is 46.2 Å². The standard InChI is InChI=1S/C9H20ClN/c1-7(2)5-9(6-10)11-8(3)4/h7-9,11H,5-6H2,1-4H3. The Hall–Kier alpha value is 0.250. The van der Waals surface area contributed by atoms with Crippen molar-refractivity contribution in [3.63, 3.8) is 0 Å². The molecule has 0 heterocycles. The molecule has 1 unspecified atom stereocenters. The van der Waals surface area contributed by atoms with Gasteiger partial charge < -0.3 is 5.32 Å². The van der Waals surface area contributed by atoms with Gasteiger partial charge in [-0.05, 0) is 12.3 Å². The number of halogens is 1. The molecule has 0 aromatic rings. The van der Waals surface area contributed by atoms with E-state index in [1.54, 1.807) is 0 Å². The summed E-state index contributed by atoms with van der Waals surface area (Å²) in [5.74, 6) is 1.45. The Morgan fingerprint density at radius 2 is 1.73 bits per heavy atom. The molecule has 0 saturated carbocycles. The zero-order chi connectivity index (χ0) is 8.85. The number of alkyl halides is 1. The minimum absolute atomic E-state index is 0.483. The van der Waals surface area contributed by atoms with E-state index in [-0.39, 0.29) is 0 Å². The minimum atomic E-state index is 0.483. The van der Waals surface area contributed by atoms with E-state index in [1.165, 1.54) is 6.42 Å². The second kappa shape index (κ2) is 5.84. The fourth-order valence-corrected chi connectivity index (χ4v) is 1.43. The van der Waals surface area contributed by atoms with Gasteiger partial charge in [-0.15, -0.1) is 11.6 Å². The molecule has 1 atom stereocenters. The quantitative estimate of drug-likeness (QED) is 0.637. The first-order valence-electron chi connectivity index (χ1n) is 4.38. The molecule has 0 aliphatic carbocycles. The van der Waals surface area contributed by atoms with E-state index in [1.807, 2.05) is 0 Å². The fraction of sp³-hybridized carbons (Fsp3) is 1.00. The molecule has 0 spiro atoms. The van der Waals surface area contributed by atoms with Gasteiger partial charge in [0.15, 0.2) is 0 Å². The van der Waals surface area contributed by atoms with Gasteiger partial charge in [0.25, 0.3) is 0 Å². The van der Waals surface area contributed by atoms with Crippen LogP contribution in [0.5, 0.6) is 0 Å². The van der Waals surface area contributed by atoms with Crippen molar-refractivity contribution in [2.75, 3.05) is 5.88 Å². The van der Waals surface area contributed by atoms with E-state index < -0.39 is 0 Å². The summed E-state index contributed by atoms with van der Waals surface area (Å²) in [6, 6.07) is 1.02. The lowest BCUT2D eigenvalue weighted by Crippen LogP contribution is -2.37. The van der Waals surface area contributed by atoms with Gasteiger partial charge in [-0.3, -0.25) is 0 Å². The molecule has 68 valence electrons. The van der Waals surface area contributed by atoms with E-state index in [0.717, 1.165) is 11.8 Å². The number of nitrogens with one attached hydrogen (secondary N) is 1. The lowest BCUT2D eigenvalue weighted by Gasteiger charge is -2.20. The summed E-state index contributed by atoms with van der Waals surface area (Å²) in [6.07, 6.45) is 1.17. The Bertz CT molecular complexity index is 81.6. The number of hydrogen-bond acceptors (Lipinski definition) is 1. The average molecular weight is 178 g/mol. The molecule has 1 nitrogen and oxygen atoms in total. The first-order valence-corrected chi connectivity index (χ1v) is 4.91. The van der Waals surface area contributed by atoms with Crippen LogP contribution in [0, 0.1) is 5.92 Å². The van der Waals surface area contributed by atoms with Gasteiger partial charge in [0, 0.05) is 18.0 Å². The highest BCUT2D eigenvalue weighted by Gasteiger charge is 2.09. The Balaban J connectivity index is 3.58. The normalized spacial score (nSPS) is 14.5. The molecule has 0 radical (unpaired) electrons. The van der Waals surface area contributed by atoms with Crippen LogP contribution in [0.15, 0.2) is 0 Å². The average Bonchev–Trinajstić information content (AvgIpc) is 1.84. The summed E-state index contributed by atoms with van der Waals surface area (Å²) in [7, 11) is 0. The highest BCUT2D eigenvalue weighted by atomic mass is 35.5. The molecule has 0 amide bonds. The van der Waals surface area contributed by atoms with Gasteiger partial charge >= 0.3 is 0 Å². The van der Waals surface area contributed by atoms with Crippen LogP contribution >= 0.6 is 11.6 Å². The van der Waals surface area contributed by atoms with Crippen molar-refractivity contribution >= 4 is 11.6 Å². The second-order valence-electron chi connectivity index (χ2n) is 3.80. The Kier molecular flexibility index (Phi) is 5.98. The molecule has 0 saturated heterocycles. The first-order chi connectivity index (χ1) is 5.06. The van der Waals surface area contributed by atoms with Crippen molar-refractivity contribution in [3.8, 4) is 0 Å². The van der Waals surface area contributed by atoms with Crippen LogP contribution in [0.1, 0.15) is 34.1 Å². The Labute approximate surface area is 75.5 Å². The van der Waals surface area contributed by atoms with Crippen molar-refractivity contribution in [1.82, 2.24) is 5.32 Å². The summed E-state index contributed by atoms with van der Waals surface area (Å²) in [4.78, 5) is 0. The van der Waals surface area contributed by atoms with Crippen LogP contribution in [-0.4, -0.2) is 18.0 Å². The zero-order valence-corrected chi connectivity index (χ0v) is 8.78. The van der Waals surface area contributed by atoms with Gasteiger partial charge in [-0.25, -0.2) is 0 Å². The molecule has 0 aliphatic heterocycles. The fourth-order valence-electron chi connectivity index (χ4n) is 1.22. The van der Waals surface area contributed by atoms with Gasteiger partial charge in [-0.1, -0.05) is 27.7 Å². The van der Waals surface area contributed by atoms with E-state index in [4.69, 9.17) is 11.6 Å². The third-order valence-electron chi connectivity index (χ3n) is 1.51. The minimum Gasteiger partial charge on any atom is -0.311 e. The molecule has 0 fully saturated rings. The van der Waals surface area contributed by atoms with Crippen molar-refractivity contribution in [1.29, 1.82) is 0 Å². The Morgan fingerprint density at radius 3 is 2.00 bits per heavy atom. The molecule has 11 heavy (non-hydrogen) atoms. The maximum Gasteiger partial charge on any atom is 0.0377 e. The number of rotatable bonds is 5. The monoisotopic (exact) mass is 177 g/mol. The zero-order valence-electron chi connectivity index (χ0n) is 8.02. The highest BCUT2D eigenvalue weighted by Crippen LogP contribution is 2.06. The van der Waals surface area contributed by atoms with Gasteiger partial charge in [0.2, 0.25) is 0 Å². The molecule has 0 bridgehead atoms. The molecule has 0 rings (SSSR count). The maximum absolute atomic E-state index is 5.79. The first kappa shape index (κ1) is 11.2. The van der Waals surface area contributed by atoms with Crippen LogP contribution in [0.3, 0.4) is 0 Å². The van der Waals surface area contributed by atoms with E-state index >= 15 is 0 Å². The molecule has 0 aliphatic rings. The molecule has 0 aromatic carbocycles. The van der Waals surface area contributed by atoms with E-state index in [9.17, 15) is 0 Å². The topological polar surface area (TPSA) is 12.0 Å².